The second-order valence-corrected chi connectivity index (χ2v) is 11.4. The SMILES string of the molecule is C=C(C)C(=O)OCCCCCCCCCOc1ccc(-c2ccc(CCCCCCCCCCCC)cc2)cc1. The van der Waals surface area contributed by atoms with E-state index < -0.39 is 0 Å². The van der Waals surface area contributed by atoms with E-state index in [4.69, 9.17) is 9.47 Å². The van der Waals surface area contributed by atoms with Crippen LogP contribution in [0.4, 0.5) is 0 Å². The number of hydrogen-bond donors (Lipinski definition) is 0. The molecule has 0 saturated carbocycles. The molecule has 0 radical (unpaired) electrons. The second-order valence-electron chi connectivity index (χ2n) is 11.4. The molecule has 0 atom stereocenters. The van der Waals surface area contributed by atoms with Crippen molar-refractivity contribution in [2.45, 2.75) is 129 Å². The number of rotatable bonds is 24. The molecular formula is C37H56O3. The Morgan fingerprint density at radius 2 is 1.05 bits per heavy atom. The van der Waals surface area contributed by atoms with Crippen molar-refractivity contribution in [3.05, 3.63) is 66.2 Å². The summed E-state index contributed by atoms with van der Waals surface area (Å²) in [4.78, 5) is 11.3. The van der Waals surface area contributed by atoms with Gasteiger partial charge in [-0.2, -0.15) is 0 Å². The summed E-state index contributed by atoms with van der Waals surface area (Å²) in [5.41, 5.74) is 4.43. The Hall–Kier alpha value is -2.55. The normalized spacial score (nSPS) is 10.9. The van der Waals surface area contributed by atoms with Crippen LogP contribution >= 0.6 is 0 Å². The molecule has 0 aliphatic heterocycles. The number of aryl methyl sites for hydroxylation is 1. The minimum atomic E-state index is -0.279. The predicted octanol–water partition coefficient (Wildman–Crippen LogP) is 11.0. The molecule has 0 bridgehead atoms. The molecule has 2 rings (SSSR count). The number of unbranched alkanes of at least 4 members (excludes halogenated alkanes) is 15. The summed E-state index contributed by atoms with van der Waals surface area (Å²) >= 11 is 0. The average Bonchev–Trinajstić information content (AvgIpc) is 2.97. The Labute approximate surface area is 245 Å². The number of ether oxygens (including phenoxy) is 2. The van der Waals surface area contributed by atoms with Crippen molar-refractivity contribution in [3.8, 4) is 16.9 Å². The van der Waals surface area contributed by atoms with Gasteiger partial charge in [0.05, 0.1) is 13.2 Å². The van der Waals surface area contributed by atoms with Gasteiger partial charge in [0.2, 0.25) is 0 Å². The van der Waals surface area contributed by atoms with Crippen molar-refractivity contribution in [1.82, 2.24) is 0 Å². The first-order valence-electron chi connectivity index (χ1n) is 16.2. The van der Waals surface area contributed by atoms with Crippen molar-refractivity contribution in [3.63, 3.8) is 0 Å². The van der Waals surface area contributed by atoms with Crippen LogP contribution in [-0.4, -0.2) is 19.2 Å². The van der Waals surface area contributed by atoms with Gasteiger partial charge in [-0.1, -0.05) is 140 Å². The molecule has 0 aliphatic rings. The second kappa shape index (κ2) is 22.2. The summed E-state index contributed by atoms with van der Waals surface area (Å²) in [6.45, 7) is 8.83. The van der Waals surface area contributed by atoms with Crippen LogP contribution in [-0.2, 0) is 16.0 Å². The molecule has 0 saturated heterocycles. The number of carbonyl (C=O) groups is 1. The van der Waals surface area contributed by atoms with E-state index in [0.717, 1.165) is 31.6 Å². The van der Waals surface area contributed by atoms with Crippen molar-refractivity contribution in [1.29, 1.82) is 0 Å². The number of carbonyl (C=O) groups excluding carboxylic acids is 1. The maximum Gasteiger partial charge on any atom is 0.333 e. The highest BCUT2D eigenvalue weighted by Gasteiger charge is 2.03. The summed E-state index contributed by atoms with van der Waals surface area (Å²) in [6.07, 6.45) is 23.0. The summed E-state index contributed by atoms with van der Waals surface area (Å²) in [7, 11) is 0. The van der Waals surface area contributed by atoms with Crippen LogP contribution in [0.2, 0.25) is 0 Å². The van der Waals surface area contributed by atoms with E-state index in [2.05, 4.69) is 62.0 Å². The summed E-state index contributed by atoms with van der Waals surface area (Å²) < 4.78 is 11.1. The lowest BCUT2D eigenvalue weighted by Gasteiger charge is -2.08. The molecule has 2 aromatic carbocycles. The standard InChI is InChI=1S/C37H56O3/c1-4-5-6-7-8-9-10-12-15-18-21-33-22-24-34(25-23-33)35-26-28-36(29-27-35)39-30-19-16-13-11-14-17-20-31-40-37(38)32(2)3/h22-29H,2,4-21,30-31H2,1,3H3. The first-order chi connectivity index (χ1) is 19.6. The smallest absolute Gasteiger partial charge is 0.333 e. The Balaban J connectivity index is 1.49. The molecular weight excluding hydrogens is 492 g/mol. The minimum absolute atomic E-state index is 0.279. The van der Waals surface area contributed by atoms with Gasteiger partial charge in [0, 0.05) is 5.57 Å². The fraction of sp³-hybridized carbons (Fsp3) is 0.595. The third-order valence-corrected chi connectivity index (χ3v) is 7.60. The number of hydrogen-bond acceptors (Lipinski definition) is 3. The van der Waals surface area contributed by atoms with E-state index >= 15 is 0 Å². The molecule has 0 aliphatic carbocycles. The van der Waals surface area contributed by atoms with Crippen molar-refractivity contribution in [2.24, 2.45) is 0 Å². The zero-order valence-electron chi connectivity index (χ0n) is 25.7. The zero-order chi connectivity index (χ0) is 28.7. The Morgan fingerprint density at radius 1 is 0.600 bits per heavy atom. The van der Waals surface area contributed by atoms with Gasteiger partial charge in [0.1, 0.15) is 5.75 Å². The van der Waals surface area contributed by atoms with Crippen LogP contribution in [0.25, 0.3) is 11.1 Å². The maximum absolute atomic E-state index is 11.3. The van der Waals surface area contributed by atoms with Crippen LogP contribution in [0.3, 0.4) is 0 Å². The van der Waals surface area contributed by atoms with E-state index in [0.29, 0.717) is 12.2 Å². The molecule has 222 valence electrons. The molecule has 40 heavy (non-hydrogen) atoms. The number of benzene rings is 2. The van der Waals surface area contributed by atoms with Crippen LogP contribution in [0.1, 0.15) is 129 Å². The fourth-order valence-electron chi connectivity index (χ4n) is 4.99. The monoisotopic (exact) mass is 548 g/mol. The highest BCUT2D eigenvalue weighted by Crippen LogP contribution is 2.24. The van der Waals surface area contributed by atoms with E-state index in [-0.39, 0.29) is 5.97 Å². The molecule has 0 N–H and O–H groups in total. The lowest BCUT2D eigenvalue weighted by atomic mass is 10.0. The molecule has 2 aromatic rings. The molecule has 0 fully saturated rings. The first kappa shape index (κ1) is 33.7. The molecule has 0 heterocycles. The highest BCUT2D eigenvalue weighted by molar-refractivity contribution is 5.86. The van der Waals surface area contributed by atoms with Crippen LogP contribution in [0.5, 0.6) is 5.75 Å². The van der Waals surface area contributed by atoms with Crippen molar-refractivity contribution in [2.75, 3.05) is 13.2 Å². The van der Waals surface area contributed by atoms with E-state index in [1.54, 1.807) is 6.92 Å². The third kappa shape index (κ3) is 15.9. The zero-order valence-corrected chi connectivity index (χ0v) is 25.7. The van der Waals surface area contributed by atoms with Crippen molar-refractivity contribution >= 4 is 5.97 Å². The average molecular weight is 549 g/mol. The Kier molecular flexibility index (Phi) is 18.7. The van der Waals surface area contributed by atoms with Crippen molar-refractivity contribution < 1.29 is 14.3 Å². The molecule has 0 amide bonds. The third-order valence-electron chi connectivity index (χ3n) is 7.60. The largest absolute Gasteiger partial charge is 0.494 e. The summed E-state index contributed by atoms with van der Waals surface area (Å²) in [5.74, 6) is 0.670. The predicted molar refractivity (Wildman–Crippen MR) is 171 cm³/mol. The summed E-state index contributed by atoms with van der Waals surface area (Å²) in [5, 5.41) is 0. The first-order valence-corrected chi connectivity index (χ1v) is 16.2. The van der Waals surface area contributed by atoms with E-state index in [1.165, 1.54) is 113 Å². The lowest BCUT2D eigenvalue weighted by molar-refractivity contribution is -0.139. The van der Waals surface area contributed by atoms with Gasteiger partial charge in [0.15, 0.2) is 0 Å². The van der Waals surface area contributed by atoms with E-state index in [9.17, 15) is 4.79 Å². The van der Waals surface area contributed by atoms with Gasteiger partial charge in [-0.25, -0.2) is 4.79 Å². The lowest BCUT2D eigenvalue weighted by Crippen LogP contribution is -2.05. The van der Waals surface area contributed by atoms with Crippen LogP contribution < -0.4 is 4.74 Å². The topological polar surface area (TPSA) is 35.5 Å². The summed E-state index contributed by atoms with van der Waals surface area (Å²) in [6, 6.07) is 17.6. The van der Waals surface area contributed by atoms with E-state index in [1.807, 2.05) is 0 Å². The molecule has 0 spiro atoms. The van der Waals surface area contributed by atoms with Crippen LogP contribution in [0.15, 0.2) is 60.7 Å². The Bertz CT molecular complexity index is 913. The van der Waals surface area contributed by atoms with Gasteiger partial charge in [-0.05, 0) is 61.4 Å². The van der Waals surface area contributed by atoms with Crippen LogP contribution in [0, 0.1) is 0 Å². The van der Waals surface area contributed by atoms with Gasteiger partial charge in [0.25, 0.3) is 0 Å². The van der Waals surface area contributed by atoms with Gasteiger partial charge >= 0.3 is 5.97 Å². The quantitative estimate of drug-likeness (QED) is 0.0743. The van der Waals surface area contributed by atoms with Gasteiger partial charge in [-0.3, -0.25) is 0 Å². The molecule has 0 unspecified atom stereocenters. The van der Waals surface area contributed by atoms with Gasteiger partial charge in [-0.15, -0.1) is 0 Å². The van der Waals surface area contributed by atoms with Gasteiger partial charge < -0.3 is 9.47 Å². The molecule has 3 nitrogen and oxygen atoms in total. The number of esters is 1. The molecule has 3 heteroatoms. The minimum Gasteiger partial charge on any atom is -0.494 e. The highest BCUT2D eigenvalue weighted by atomic mass is 16.5. The fourth-order valence-corrected chi connectivity index (χ4v) is 4.99. The Morgan fingerprint density at radius 3 is 1.57 bits per heavy atom. The molecule has 0 aromatic heterocycles. The maximum atomic E-state index is 11.3.